The van der Waals surface area contributed by atoms with E-state index in [1.54, 1.807) is 22.6 Å². The van der Waals surface area contributed by atoms with Crippen molar-refractivity contribution in [1.82, 2.24) is 0 Å². The first-order valence-electron chi connectivity index (χ1n) is 2.81. The van der Waals surface area contributed by atoms with Gasteiger partial charge in [-0.15, -0.1) is 0 Å². The molecule has 0 unspecified atom stereocenters. The predicted octanol–water partition coefficient (Wildman–Crippen LogP) is 2.99. The van der Waals surface area contributed by atoms with Gasteiger partial charge in [-0.2, -0.15) is 4.39 Å². The summed E-state index contributed by atoms with van der Waals surface area (Å²) in [6, 6.07) is 2.31. The lowest BCUT2D eigenvalue weighted by Crippen LogP contribution is -1.94. The van der Waals surface area contributed by atoms with Gasteiger partial charge in [0.2, 0.25) is 5.82 Å². The van der Waals surface area contributed by atoms with Crippen molar-refractivity contribution in [2.45, 2.75) is 0 Å². The molecule has 0 atom stereocenters. The molecule has 12 heavy (non-hydrogen) atoms. The lowest BCUT2D eigenvalue weighted by atomic mass is 10.3. The molecule has 0 heterocycles. The number of nitrogens with zero attached hydrogens (tertiary/aromatic N) is 1. The van der Waals surface area contributed by atoms with Crippen molar-refractivity contribution in [3.8, 4) is 0 Å². The van der Waals surface area contributed by atoms with Crippen LogP contribution in [0.2, 0.25) is 5.02 Å². The van der Waals surface area contributed by atoms with Gasteiger partial charge in [0.05, 0.1) is 8.49 Å². The molecule has 1 aromatic carbocycles. The van der Waals surface area contributed by atoms with E-state index >= 15 is 0 Å². The van der Waals surface area contributed by atoms with E-state index in [0.717, 1.165) is 6.07 Å². The van der Waals surface area contributed by atoms with Crippen molar-refractivity contribution >= 4 is 39.9 Å². The van der Waals surface area contributed by atoms with Crippen LogP contribution in [0.1, 0.15) is 0 Å². The molecule has 1 rings (SSSR count). The monoisotopic (exact) mass is 301 g/mol. The van der Waals surface area contributed by atoms with Crippen LogP contribution in [-0.4, -0.2) is 4.92 Å². The van der Waals surface area contributed by atoms with Gasteiger partial charge in [0.15, 0.2) is 0 Å². The number of hydrogen-bond acceptors (Lipinski definition) is 2. The molecule has 0 aliphatic carbocycles. The quantitative estimate of drug-likeness (QED) is 0.346. The molecule has 3 nitrogen and oxygen atoms in total. The molecule has 0 saturated heterocycles. The molecule has 64 valence electrons. The third-order valence-electron chi connectivity index (χ3n) is 1.17. The largest absolute Gasteiger partial charge is 0.307 e. The minimum absolute atomic E-state index is 0.145. The number of hydrogen-bond donors (Lipinski definition) is 0. The van der Waals surface area contributed by atoms with Crippen LogP contribution in [0.4, 0.5) is 10.1 Å². The van der Waals surface area contributed by atoms with Crippen molar-refractivity contribution in [3.63, 3.8) is 0 Å². The zero-order chi connectivity index (χ0) is 9.30. The van der Waals surface area contributed by atoms with Crippen LogP contribution >= 0.6 is 34.2 Å². The summed E-state index contributed by atoms with van der Waals surface area (Å²) in [5, 5.41) is 10.4. The number of nitro groups is 1. The van der Waals surface area contributed by atoms with E-state index in [1.807, 2.05) is 0 Å². The van der Waals surface area contributed by atoms with Gasteiger partial charge in [-0.1, -0.05) is 11.6 Å². The first-order chi connectivity index (χ1) is 5.52. The van der Waals surface area contributed by atoms with Crippen LogP contribution in [0.3, 0.4) is 0 Å². The minimum Gasteiger partial charge on any atom is -0.258 e. The molecule has 0 aliphatic heterocycles. The molecule has 0 amide bonds. The maximum absolute atomic E-state index is 12.9. The molecule has 0 aliphatic rings. The first-order valence-corrected chi connectivity index (χ1v) is 4.27. The van der Waals surface area contributed by atoms with E-state index in [4.69, 9.17) is 11.6 Å². The fourth-order valence-corrected chi connectivity index (χ4v) is 1.68. The van der Waals surface area contributed by atoms with Crippen LogP contribution in [0.5, 0.6) is 0 Å². The Morgan fingerprint density at radius 1 is 1.58 bits per heavy atom. The second-order valence-electron chi connectivity index (χ2n) is 1.98. The number of benzene rings is 1. The van der Waals surface area contributed by atoms with Crippen LogP contribution in [0.15, 0.2) is 12.1 Å². The summed E-state index contributed by atoms with van der Waals surface area (Å²) in [7, 11) is 0. The molecular formula is C6H2ClFINO2. The molecule has 0 N–H and O–H groups in total. The van der Waals surface area contributed by atoms with Gasteiger partial charge in [-0.25, -0.2) is 0 Å². The van der Waals surface area contributed by atoms with Gasteiger partial charge in [0.1, 0.15) is 0 Å². The van der Waals surface area contributed by atoms with Crippen molar-refractivity contribution in [1.29, 1.82) is 0 Å². The Morgan fingerprint density at radius 2 is 2.17 bits per heavy atom. The maximum atomic E-state index is 12.9. The highest BCUT2D eigenvalue weighted by molar-refractivity contribution is 14.1. The minimum atomic E-state index is -0.843. The normalized spacial score (nSPS) is 9.92. The van der Waals surface area contributed by atoms with Crippen LogP contribution in [-0.2, 0) is 0 Å². The summed E-state index contributed by atoms with van der Waals surface area (Å²) in [6.07, 6.45) is 0. The zero-order valence-corrected chi connectivity index (χ0v) is 8.47. The smallest absolute Gasteiger partial charge is 0.258 e. The highest BCUT2D eigenvalue weighted by Crippen LogP contribution is 2.26. The predicted molar refractivity (Wildman–Crippen MR) is 50.8 cm³/mol. The number of halogens is 3. The summed E-state index contributed by atoms with van der Waals surface area (Å²) in [5.41, 5.74) is -0.591. The Labute approximate surface area is 85.8 Å². The number of nitro benzene ring substituents is 1. The third-order valence-corrected chi connectivity index (χ3v) is 2.17. The molecule has 0 bridgehead atoms. The Balaban J connectivity index is 3.37. The Hall–Kier alpha value is -0.430. The summed E-state index contributed by atoms with van der Waals surface area (Å²) < 4.78 is 13.1. The third kappa shape index (κ3) is 1.84. The summed E-state index contributed by atoms with van der Waals surface area (Å²) in [6.45, 7) is 0. The van der Waals surface area contributed by atoms with E-state index < -0.39 is 16.4 Å². The van der Waals surface area contributed by atoms with Gasteiger partial charge < -0.3 is 0 Å². The summed E-state index contributed by atoms with van der Waals surface area (Å²) in [5.74, 6) is -0.843. The van der Waals surface area contributed by atoms with Crippen LogP contribution in [0, 0.1) is 19.5 Å². The Kier molecular flexibility index (Phi) is 2.84. The SMILES string of the molecule is O=[N+]([O-])c1cc(Cl)cc(I)c1F. The molecule has 6 heteroatoms. The van der Waals surface area contributed by atoms with Crippen molar-refractivity contribution in [2.75, 3.05) is 0 Å². The Bertz CT molecular complexity index is 345. The van der Waals surface area contributed by atoms with Gasteiger partial charge in [0, 0.05) is 11.1 Å². The fraction of sp³-hybridized carbons (Fsp3) is 0. The molecule has 0 spiro atoms. The van der Waals surface area contributed by atoms with E-state index in [-0.39, 0.29) is 8.59 Å². The van der Waals surface area contributed by atoms with E-state index in [9.17, 15) is 14.5 Å². The Morgan fingerprint density at radius 3 is 2.67 bits per heavy atom. The zero-order valence-electron chi connectivity index (χ0n) is 5.55. The summed E-state index contributed by atoms with van der Waals surface area (Å²) >= 11 is 7.14. The molecule has 0 radical (unpaired) electrons. The lowest BCUT2D eigenvalue weighted by Gasteiger charge is -1.96. The number of rotatable bonds is 1. The van der Waals surface area contributed by atoms with Gasteiger partial charge in [0.25, 0.3) is 0 Å². The van der Waals surface area contributed by atoms with Crippen LogP contribution < -0.4 is 0 Å². The van der Waals surface area contributed by atoms with Crippen molar-refractivity contribution in [3.05, 3.63) is 36.7 Å². The van der Waals surface area contributed by atoms with E-state index in [0.29, 0.717) is 0 Å². The van der Waals surface area contributed by atoms with Gasteiger partial charge >= 0.3 is 5.69 Å². The van der Waals surface area contributed by atoms with Gasteiger partial charge in [-0.05, 0) is 28.7 Å². The molecule has 0 aromatic heterocycles. The first kappa shape index (κ1) is 9.66. The average molecular weight is 301 g/mol. The van der Waals surface area contributed by atoms with Gasteiger partial charge in [-0.3, -0.25) is 10.1 Å². The standard InChI is InChI=1S/C6H2ClFINO2/c7-3-1-4(9)6(8)5(2-3)10(11)12/h1-2H. The molecule has 0 saturated carbocycles. The molecular weight excluding hydrogens is 299 g/mol. The average Bonchev–Trinajstić information content (AvgIpc) is 1.96. The maximum Gasteiger partial charge on any atom is 0.307 e. The highest BCUT2D eigenvalue weighted by Gasteiger charge is 2.17. The molecule has 1 aromatic rings. The lowest BCUT2D eigenvalue weighted by molar-refractivity contribution is -0.387. The van der Waals surface area contributed by atoms with Crippen molar-refractivity contribution in [2.24, 2.45) is 0 Å². The fourth-order valence-electron chi connectivity index (χ4n) is 0.675. The second kappa shape index (κ2) is 3.53. The van der Waals surface area contributed by atoms with Crippen molar-refractivity contribution < 1.29 is 9.31 Å². The van der Waals surface area contributed by atoms with E-state index in [2.05, 4.69) is 0 Å². The van der Waals surface area contributed by atoms with Crippen LogP contribution in [0.25, 0.3) is 0 Å². The summed E-state index contributed by atoms with van der Waals surface area (Å²) in [4.78, 5) is 9.43. The highest BCUT2D eigenvalue weighted by atomic mass is 127. The van der Waals surface area contributed by atoms with E-state index in [1.165, 1.54) is 6.07 Å². The topological polar surface area (TPSA) is 43.1 Å². The second-order valence-corrected chi connectivity index (χ2v) is 3.58. The molecule has 0 fully saturated rings.